The number of hydrogen-bond acceptors (Lipinski definition) is 2. The van der Waals surface area contributed by atoms with Crippen LogP contribution in [0.5, 0.6) is 0 Å². The van der Waals surface area contributed by atoms with Crippen molar-refractivity contribution in [1.29, 1.82) is 0 Å². The molecule has 1 saturated heterocycles. The first kappa shape index (κ1) is 14.6. The quantitative estimate of drug-likeness (QED) is 0.739. The molecule has 0 atom stereocenters. The topological polar surface area (TPSA) is 12.5 Å². The summed E-state index contributed by atoms with van der Waals surface area (Å²) >= 11 is 0. The van der Waals surface area contributed by atoms with Gasteiger partial charge < -0.3 is 9.64 Å². The van der Waals surface area contributed by atoms with Crippen LogP contribution in [0, 0.1) is 10.8 Å². The Bertz CT molecular complexity index is 383. The van der Waals surface area contributed by atoms with Gasteiger partial charge in [0.15, 0.2) is 0 Å². The van der Waals surface area contributed by atoms with E-state index in [4.69, 9.17) is 4.74 Å². The first-order chi connectivity index (χ1) is 9.22. The van der Waals surface area contributed by atoms with Crippen LogP contribution in [-0.2, 0) is 4.74 Å². The predicted molar refractivity (Wildman–Crippen MR) is 66.2 cm³/mol. The molecule has 0 aromatic rings. The zero-order chi connectivity index (χ0) is 14.6. The Kier molecular flexibility index (Phi) is 3.15. The van der Waals surface area contributed by atoms with E-state index in [2.05, 4.69) is 4.90 Å². The minimum atomic E-state index is -2.58. The molecule has 3 fully saturated rings. The van der Waals surface area contributed by atoms with E-state index in [-0.39, 0.29) is 19.3 Å². The number of ether oxygens (including phenoxy) is 1. The van der Waals surface area contributed by atoms with Gasteiger partial charge in [0.05, 0.1) is 6.61 Å². The Hall–Kier alpha value is -0.360. The van der Waals surface area contributed by atoms with Crippen molar-refractivity contribution < 1.29 is 22.3 Å². The summed E-state index contributed by atoms with van der Waals surface area (Å²) in [4.78, 5) is 2.06. The minimum absolute atomic E-state index is 0.00905. The summed E-state index contributed by atoms with van der Waals surface area (Å²) < 4.78 is 58.0. The molecule has 116 valence electrons. The second kappa shape index (κ2) is 4.32. The molecule has 0 bridgehead atoms. The van der Waals surface area contributed by atoms with Crippen LogP contribution in [0.3, 0.4) is 0 Å². The van der Waals surface area contributed by atoms with Gasteiger partial charge in [-0.25, -0.2) is 17.6 Å². The van der Waals surface area contributed by atoms with Gasteiger partial charge in [-0.2, -0.15) is 0 Å². The fraction of sp³-hybridized carbons (Fsp3) is 1.00. The largest absolute Gasteiger partial charge is 0.384 e. The van der Waals surface area contributed by atoms with E-state index in [0.29, 0.717) is 39.1 Å². The maximum Gasteiger partial charge on any atom is 0.254 e. The van der Waals surface area contributed by atoms with Gasteiger partial charge >= 0.3 is 0 Å². The van der Waals surface area contributed by atoms with Gasteiger partial charge in [-0.1, -0.05) is 0 Å². The third-order valence-corrected chi connectivity index (χ3v) is 5.30. The highest BCUT2D eigenvalue weighted by Crippen LogP contribution is 2.66. The first-order valence-corrected chi connectivity index (χ1v) is 7.19. The first-order valence-electron chi connectivity index (χ1n) is 7.19. The van der Waals surface area contributed by atoms with Crippen LogP contribution in [0.25, 0.3) is 0 Å². The number of piperidine rings is 1. The summed E-state index contributed by atoms with van der Waals surface area (Å²) in [5.74, 6) is -5.08. The monoisotopic (exact) mass is 295 g/mol. The highest BCUT2D eigenvalue weighted by Gasteiger charge is 2.70. The van der Waals surface area contributed by atoms with Crippen molar-refractivity contribution in [2.45, 2.75) is 43.9 Å². The number of hydrogen-bond donors (Lipinski definition) is 0. The molecule has 0 radical (unpaired) electrons. The smallest absolute Gasteiger partial charge is 0.254 e. The fourth-order valence-corrected chi connectivity index (χ4v) is 4.15. The zero-order valence-corrected chi connectivity index (χ0v) is 11.7. The highest BCUT2D eigenvalue weighted by atomic mass is 19.3. The van der Waals surface area contributed by atoms with Crippen molar-refractivity contribution >= 4 is 0 Å². The molecule has 1 heterocycles. The maximum absolute atomic E-state index is 13.3. The summed E-state index contributed by atoms with van der Waals surface area (Å²) in [6, 6.07) is 0. The fourth-order valence-electron chi connectivity index (χ4n) is 4.15. The summed E-state index contributed by atoms with van der Waals surface area (Å²) in [6.07, 6.45) is 0.686. The van der Waals surface area contributed by atoms with Crippen LogP contribution in [0.4, 0.5) is 17.6 Å². The van der Waals surface area contributed by atoms with Crippen molar-refractivity contribution in [2.75, 3.05) is 33.4 Å². The normalized spacial score (nSPS) is 32.9. The van der Waals surface area contributed by atoms with E-state index in [1.54, 1.807) is 0 Å². The highest BCUT2D eigenvalue weighted by molar-refractivity contribution is 5.12. The van der Waals surface area contributed by atoms with E-state index < -0.39 is 22.7 Å². The lowest BCUT2D eigenvalue weighted by Crippen LogP contribution is -2.55. The Labute approximate surface area is 116 Å². The lowest BCUT2D eigenvalue weighted by atomic mass is 9.66. The number of rotatable bonds is 4. The van der Waals surface area contributed by atoms with Gasteiger partial charge in [-0.15, -0.1) is 0 Å². The van der Waals surface area contributed by atoms with Crippen LogP contribution in [-0.4, -0.2) is 50.1 Å². The molecule has 3 aliphatic rings. The molecule has 0 aromatic heterocycles. The Morgan fingerprint density at radius 3 is 1.95 bits per heavy atom. The van der Waals surface area contributed by atoms with Crippen LogP contribution < -0.4 is 0 Å². The van der Waals surface area contributed by atoms with E-state index in [1.807, 2.05) is 0 Å². The van der Waals surface area contributed by atoms with Crippen molar-refractivity contribution in [2.24, 2.45) is 10.8 Å². The predicted octanol–water partition coefficient (Wildman–Crippen LogP) is 3.17. The van der Waals surface area contributed by atoms with Crippen molar-refractivity contribution in [3.63, 3.8) is 0 Å². The maximum atomic E-state index is 13.3. The molecule has 2 saturated carbocycles. The third-order valence-electron chi connectivity index (χ3n) is 5.30. The Balaban J connectivity index is 1.54. The van der Waals surface area contributed by atoms with Crippen LogP contribution in [0.1, 0.15) is 32.1 Å². The lowest BCUT2D eigenvalue weighted by Gasteiger charge is -2.50. The van der Waals surface area contributed by atoms with E-state index in [0.717, 1.165) is 0 Å². The van der Waals surface area contributed by atoms with Crippen molar-refractivity contribution in [3.8, 4) is 0 Å². The number of alkyl halides is 4. The Morgan fingerprint density at radius 1 is 1.00 bits per heavy atom. The molecule has 2 nitrogen and oxygen atoms in total. The molecular weight excluding hydrogens is 274 g/mol. The molecular formula is C14H21F4NO. The molecule has 3 rings (SSSR count). The number of likely N-dealkylation sites (tertiary alicyclic amines) is 1. The average Bonchev–Trinajstić information content (AvgIpc) is 2.81. The molecule has 0 unspecified atom stereocenters. The SMILES string of the molecule is COCC1(CN2CCC3(CC2)CC3(F)F)CC(F)(F)C1. The van der Waals surface area contributed by atoms with E-state index >= 15 is 0 Å². The van der Waals surface area contributed by atoms with Gasteiger partial charge in [0, 0.05) is 43.7 Å². The van der Waals surface area contributed by atoms with Crippen molar-refractivity contribution in [1.82, 2.24) is 4.90 Å². The second-order valence-corrected chi connectivity index (χ2v) is 7.08. The molecule has 1 aliphatic heterocycles. The number of nitrogens with zero attached hydrogens (tertiary/aromatic N) is 1. The molecule has 0 amide bonds. The standard InChI is InChI=1S/C14H21F4NO/c1-20-10-11(6-13(15,16)7-11)9-19-4-2-12(3-5-19)8-14(12,17)18/h2-10H2,1H3. The van der Waals surface area contributed by atoms with Crippen LogP contribution >= 0.6 is 0 Å². The molecule has 0 aromatic carbocycles. The van der Waals surface area contributed by atoms with Crippen LogP contribution in [0.15, 0.2) is 0 Å². The summed E-state index contributed by atoms with van der Waals surface area (Å²) in [5, 5.41) is 0. The zero-order valence-electron chi connectivity index (χ0n) is 11.7. The van der Waals surface area contributed by atoms with Crippen molar-refractivity contribution in [3.05, 3.63) is 0 Å². The summed E-state index contributed by atoms with van der Waals surface area (Å²) in [6.45, 7) is 2.04. The Morgan fingerprint density at radius 2 is 1.55 bits per heavy atom. The van der Waals surface area contributed by atoms with Gasteiger partial charge in [0.25, 0.3) is 5.92 Å². The molecule has 1 spiro atoms. The molecule has 20 heavy (non-hydrogen) atoms. The lowest BCUT2D eigenvalue weighted by molar-refractivity contribution is -0.188. The van der Waals surface area contributed by atoms with E-state index in [9.17, 15) is 17.6 Å². The molecule has 6 heteroatoms. The number of methoxy groups -OCH3 is 1. The second-order valence-electron chi connectivity index (χ2n) is 7.08. The van der Waals surface area contributed by atoms with Crippen LogP contribution in [0.2, 0.25) is 0 Å². The van der Waals surface area contributed by atoms with Gasteiger partial charge in [-0.3, -0.25) is 0 Å². The molecule has 2 aliphatic carbocycles. The molecule has 0 N–H and O–H groups in total. The third kappa shape index (κ3) is 2.34. The minimum Gasteiger partial charge on any atom is -0.384 e. The number of halogens is 4. The summed E-state index contributed by atoms with van der Waals surface area (Å²) in [7, 11) is 1.52. The van der Waals surface area contributed by atoms with Gasteiger partial charge in [0.2, 0.25) is 5.92 Å². The van der Waals surface area contributed by atoms with Gasteiger partial charge in [0.1, 0.15) is 0 Å². The summed E-state index contributed by atoms with van der Waals surface area (Å²) in [5.41, 5.74) is -1.27. The average molecular weight is 295 g/mol. The van der Waals surface area contributed by atoms with E-state index in [1.165, 1.54) is 7.11 Å². The van der Waals surface area contributed by atoms with Gasteiger partial charge in [-0.05, 0) is 25.9 Å².